The van der Waals surface area contributed by atoms with Crippen LogP contribution in [0.4, 0.5) is 0 Å². The first-order valence-corrected chi connectivity index (χ1v) is 9.94. The number of nitrogens with zero attached hydrogens (tertiary/aromatic N) is 4. The Morgan fingerprint density at radius 3 is 2.81 bits per heavy atom. The molecule has 0 aliphatic carbocycles. The summed E-state index contributed by atoms with van der Waals surface area (Å²) < 4.78 is 1.63. The fourth-order valence-electron chi connectivity index (χ4n) is 4.05. The fraction of sp³-hybridized carbons (Fsp3) is 0.227. The first kappa shape index (κ1) is 19.1. The first-order valence-electron chi connectivity index (χ1n) is 9.94. The highest BCUT2D eigenvalue weighted by molar-refractivity contribution is 6.05. The molecule has 3 aromatic rings. The van der Waals surface area contributed by atoms with Crippen molar-refractivity contribution in [1.29, 1.82) is 0 Å². The highest BCUT2D eigenvalue weighted by Gasteiger charge is 2.39. The van der Waals surface area contributed by atoms with Crippen molar-refractivity contribution in [1.82, 2.24) is 25.2 Å². The summed E-state index contributed by atoms with van der Waals surface area (Å²) in [5.74, 6) is -0.945. The number of aromatic nitrogens is 3. The Hall–Kier alpha value is -3.85. The second kappa shape index (κ2) is 7.44. The van der Waals surface area contributed by atoms with E-state index in [0.29, 0.717) is 24.2 Å². The molecular weight excluding hydrogens is 398 g/mol. The molecule has 2 aliphatic rings. The molecule has 9 nitrogen and oxygen atoms in total. The van der Waals surface area contributed by atoms with Crippen molar-refractivity contribution in [3.05, 3.63) is 65.4 Å². The van der Waals surface area contributed by atoms with Crippen LogP contribution in [0.2, 0.25) is 0 Å². The highest BCUT2D eigenvalue weighted by atomic mass is 16.3. The second-order valence-corrected chi connectivity index (χ2v) is 7.65. The van der Waals surface area contributed by atoms with Crippen LogP contribution in [0.15, 0.2) is 48.7 Å². The average Bonchev–Trinajstić information content (AvgIpc) is 3.39. The Labute approximate surface area is 177 Å². The molecule has 2 N–H and O–H groups in total. The summed E-state index contributed by atoms with van der Waals surface area (Å²) in [6.45, 7) is 0.249. The van der Waals surface area contributed by atoms with Crippen LogP contribution in [-0.4, -0.2) is 48.8 Å². The largest absolute Gasteiger partial charge is 0.392 e. The summed E-state index contributed by atoms with van der Waals surface area (Å²) >= 11 is 0. The standard InChI is InChI=1S/C22H19N5O4/c28-12-13-2-1-3-14(8-13)18-11-27(25-24-18)16-4-5-17-15(9-16)10-26(22(17)31)19-6-7-20(29)23-21(19)30/h1-5,8-9,11,19,28H,6-7,10,12H2,(H,23,29,30). The van der Waals surface area contributed by atoms with E-state index < -0.39 is 11.9 Å². The lowest BCUT2D eigenvalue weighted by molar-refractivity contribution is -0.136. The summed E-state index contributed by atoms with van der Waals surface area (Å²) in [6, 6.07) is 12.2. The van der Waals surface area contributed by atoms with Gasteiger partial charge in [-0.3, -0.25) is 19.7 Å². The van der Waals surface area contributed by atoms with E-state index in [1.807, 2.05) is 30.3 Å². The van der Waals surface area contributed by atoms with E-state index in [4.69, 9.17) is 0 Å². The maximum atomic E-state index is 12.8. The third-order valence-corrected chi connectivity index (χ3v) is 5.67. The molecule has 1 aromatic heterocycles. The van der Waals surface area contributed by atoms with Crippen LogP contribution >= 0.6 is 0 Å². The highest BCUT2D eigenvalue weighted by Crippen LogP contribution is 2.29. The molecule has 5 rings (SSSR count). The second-order valence-electron chi connectivity index (χ2n) is 7.65. The normalized spacial score (nSPS) is 18.3. The fourth-order valence-corrected chi connectivity index (χ4v) is 4.05. The monoisotopic (exact) mass is 417 g/mol. The van der Waals surface area contributed by atoms with Gasteiger partial charge in [0, 0.05) is 24.1 Å². The number of carbonyl (C=O) groups excluding carboxylic acids is 3. The summed E-state index contributed by atoms with van der Waals surface area (Å²) in [4.78, 5) is 38.0. The number of benzene rings is 2. The molecule has 1 saturated heterocycles. The van der Waals surface area contributed by atoms with Crippen LogP contribution in [0.1, 0.15) is 34.3 Å². The minimum Gasteiger partial charge on any atom is -0.392 e. The van der Waals surface area contributed by atoms with Gasteiger partial charge in [-0.1, -0.05) is 23.4 Å². The molecule has 0 bridgehead atoms. The van der Waals surface area contributed by atoms with Crippen LogP contribution in [0.3, 0.4) is 0 Å². The van der Waals surface area contributed by atoms with Crippen molar-refractivity contribution in [3.63, 3.8) is 0 Å². The Balaban J connectivity index is 1.40. The van der Waals surface area contributed by atoms with E-state index in [9.17, 15) is 19.5 Å². The lowest BCUT2D eigenvalue weighted by Gasteiger charge is -2.29. The molecule has 1 unspecified atom stereocenters. The number of imide groups is 1. The number of nitrogens with one attached hydrogen (secondary N) is 1. The van der Waals surface area contributed by atoms with Gasteiger partial charge in [-0.05, 0) is 41.8 Å². The Bertz CT molecular complexity index is 1220. The van der Waals surface area contributed by atoms with Gasteiger partial charge in [0.2, 0.25) is 11.8 Å². The number of rotatable bonds is 4. The van der Waals surface area contributed by atoms with Crippen molar-refractivity contribution in [2.45, 2.75) is 32.0 Å². The summed E-state index contributed by atoms with van der Waals surface area (Å²) in [7, 11) is 0. The van der Waals surface area contributed by atoms with Crippen molar-refractivity contribution in [3.8, 4) is 16.9 Å². The van der Waals surface area contributed by atoms with Gasteiger partial charge in [0.25, 0.3) is 5.91 Å². The van der Waals surface area contributed by atoms with Crippen molar-refractivity contribution >= 4 is 17.7 Å². The molecule has 156 valence electrons. The van der Waals surface area contributed by atoms with E-state index in [1.165, 1.54) is 4.90 Å². The predicted octanol–water partition coefficient (Wildman–Crippen LogP) is 1.19. The molecular formula is C22H19N5O4. The molecule has 2 aromatic carbocycles. The van der Waals surface area contributed by atoms with Crippen molar-refractivity contribution < 1.29 is 19.5 Å². The smallest absolute Gasteiger partial charge is 0.255 e. The predicted molar refractivity (Wildman–Crippen MR) is 109 cm³/mol. The van der Waals surface area contributed by atoms with E-state index in [0.717, 1.165) is 22.4 Å². The number of amides is 3. The van der Waals surface area contributed by atoms with Crippen LogP contribution in [0, 0.1) is 0 Å². The molecule has 1 atom stereocenters. The van der Waals surface area contributed by atoms with Gasteiger partial charge < -0.3 is 10.0 Å². The SMILES string of the molecule is O=C1CCC(N2Cc3cc(-n4cc(-c5cccc(CO)c5)nn4)ccc3C2=O)C(=O)N1. The molecule has 0 spiro atoms. The molecule has 3 heterocycles. The third-order valence-electron chi connectivity index (χ3n) is 5.67. The van der Waals surface area contributed by atoms with Crippen LogP contribution in [-0.2, 0) is 22.7 Å². The van der Waals surface area contributed by atoms with Gasteiger partial charge in [-0.15, -0.1) is 5.10 Å². The molecule has 31 heavy (non-hydrogen) atoms. The van der Waals surface area contributed by atoms with Crippen LogP contribution in [0.25, 0.3) is 16.9 Å². The summed E-state index contributed by atoms with van der Waals surface area (Å²) in [6.07, 6.45) is 2.34. The molecule has 2 aliphatic heterocycles. The minimum absolute atomic E-state index is 0.0511. The molecule has 3 amide bonds. The molecule has 0 saturated carbocycles. The quantitative estimate of drug-likeness (QED) is 0.616. The van der Waals surface area contributed by atoms with Crippen molar-refractivity contribution in [2.75, 3.05) is 0 Å². The zero-order chi connectivity index (χ0) is 21.5. The Morgan fingerprint density at radius 2 is 2.00 bits per heavy atom. The maximum Gasteiger partial charge on any atom is 0.255 e. The Kier molecular flexibility index (Phi) is 4.59. The van der Waals surface area contributed by atoms with E-state index in [2.05, 4.69) is 15.6 Å². The van der Waals surface area contributed by atoms with Gasteiger partial charge in [0.1, 0.15) is 11.7 Å². The van der Waals surface area contributed by atoms with Gasteiger partial charge in [0.15, 0.2) is 0 Å². The van der Waals surface area contributed by atoms with Crippen LogP contribution < -0.4 is 5.32 Å². The van der Waals surface area contributed by atoms with Gasteiger partial charge >= 0.3 is 0 Å². The summed E-state index contributed by atoms with van der Waals surface area (Å²) in [5, 5.41) is 20.1. The van der Waals surface area contributed by atoms with Crippen molar-refractivity contribution in [2.24, 2.45) is 0 Å². The number of carbonyl (C=O) groups is 3. The number of aliphatic hydroxyl groups excluding tert-OH is 1. The average molecular weight is 417 g/mol. The third kappa shape index (κ3) is 3.38. The topological polar surface area (TPSA) is 117 Å². The molecule has 9 heteroatoms. The van der Waals surface area contributed by atoms with E-state index >= 15 is 0 Å². The number of fused-ring (bicyclic) bond motifs is 1. The van der Waals surface area contributed by atoms with Crippen LogP contribution in [0.5, 0.6) is 0 Å². The number of hydrogen-bond donors (Lipinski definition) is 2. The Morgan fingerprint density at radius 1 is 1.13 bits per heavy atom. The maximum absolute atomic E-state index is 12.8. The zero-order valence-electron chi connectivity index (χ0n) is 16.5. The summed E-state index contributed by atoms with van der Waals surface area (Å²) in [5.41, 5.74) is 4.39. The number of aliphatic hydroxyl groups is 1. The lowest BCUT2D eigenvalue weighted by atomic mass is 10.0. The van der Waals surface area contributed by atoms with Gasteiger partial charge in [0.05, 0.1) is 18.5 Å². The van der Waals surface area contributed by atoms with Gasteiger partial charge in [-0.2, -0.15) is 0 Å². The number of piperidine rings is 1. The lowest BCUT2D eigenvalue weighted by Crippen LogP contribution is -2.52. The number of hydrogen-bond acceptors (Lipinski definition) is 6. The van der Waals surface area contributed by atoms with E-state index in [-0.39, 0.29) is 24.8 Å². The van der Waals surface area contributed by atoms with Gasteiger partial charge in [-0.25, -0.2) is 4.68 Å². The first-order chi connectivity index (χ1) is 15.0. The molecule has 1 fully saturated rings. The minimum atomic E-state index is -0.641. The van der Waals surface area contributed by atoms with E-state index in [1.54, 1.807) is 23.0 Å². The molecule has 0 radical (unpaired) electrons. The zero-order valence-corrected chi connectivity index (χ0v) is 16.5.